The van der Waals surface area contributed by atoms with E-state index in [4.69, 9.17) is 0 Å². The fraction of sp³-hybridized carbons (Fsp3) is 0.714. The third-order valence-electron chi connectivity index (χ3n) is 3.76. The molecule has 0 bridgehead atoms. The highest BCUT2D eigenvalue weighted by molar-refractivity contribution is 7.67. The average molecular weight is 323 g/mol. The van der Waals surface area contributed by atoms with Crippen LogP contribution in [0.1, 0.15) is 97.8 Å². The second-order valence-corrected chi connectivity index (χ2v) is 7.88. The molecule has 0 aliphatic rings. The first-order chi connectivity index (χ1) is 10.8. The first-order valence-electron chi connectivity index (χ1n) is 9.62. The van der Waals surface area contributed by atoms with E-state index in [1.807, 2.05) is 0 Å². The first kappa shape index (κ1) is 21.6. The number of unbranched alkanes of at least 4 members (excludes halogenated alkanes) is 9. The van der Waals surface area contributed by atoms with E-state index in [1.165, 1.54) is 77.0 Å². The molecule has 0 spiro atoms. The lowest BCUT2D eigenvalue weighted by molar-refractivity contribution is 0.729. The van der Waals surface area contributed by atoms with Gasteiger partial charge in [-0.2, -0.15) is 0 Å². The summed E-state index contributed by atoms with van der Waals surface area (Å²) in [6, 6.07) is 0. The molecule has 0 saturated heterocycles. The standard InChI is InChI=1S/C21H39P/c1-4-7-10-13-16-19-22(20-17-14-11-8-5-2)21-18-15-12-9-6-3/h16-21H,4-15H2,1-3H3. The predicted octanol–water partition coefficient (Wildman–Crippen LogP) is 8.75. The van der Waals surface area contributed by atoms with Crippen molar-refractivity contribution in [3.05, 3.63) is 35.7 Å². The van der Waals surface area contributed by atoms with Crippen molar-refractivity contribution in [3.8, 4) is 0 Å². The van der Waals surface area contributed by atoms with Crippen LogP contribution >= 0.6 is 7.92 Å². The van der Waals surface area contributed by atoms with Gasteiger partial charge >= 0.3 is 0 Å². The normalized spacial score (nSPS) is 13.8. The van der Waals surface area contributed by atoms with Crippen LogP contribution in [0, 0.1) is 0 Å². The summed E-state index contributed by atoms with van der Waals surface area (Å²) < 4.78 is 0. The van der Waals surface area contributed by atoms with Gasteiger partial charge in [0.2, 0.25) is 0 Å². The Labute approximate surface area is 141 Å². The first-order valence-corrected chi connectivity index (χ1v) is 11.2. The Balaban J connectivity index is 4.17. The molecule has 0 radical (unpaired) electrons. The molecule has 0 aromatic heterocycles. The lowest BCUT2D eigenvalue weighted by atomic mass is 10.2. The van der Waals surface area contributed by atoms with Crippen LogP contribution in [0.2, 0.25) is 0 Å². The molecule has 0 atom stereocenters. The molecular weight excluding hydrogens is 283 g/mol. The molecule has 0 rings (SSSR count). The van der Waals surface area contributed by atoms with Crippen LogP contribution in [0.15, 0.2) is 35.7 Å². The van der Waals surface area contributed by atoms with Gasteiger partial charge in [-0.3, -0.25) is 0 Å². The van der Waals surface area contributed by atoms with Crippen molar-refractivity contribution in [2.75, 3.05) is 0 Å². The van der Waals surface area contributed by atoms with Crippen LogP contribution in [0.4, 0.5) is 0 Å². The second-order valence-electron chi connectivity index (χ2n) is 6.09. The number of hydrogen-bond donors (Lipinski definition) is 0. The summed E-state index contributed by atoms with van der Waals surface area (Å²) in [5, 5.41) is 0. The average Bonchev–Trinajstić information content (AvgIpc) is 2.53. The van der Waals surface area contributed by atoms with Crippen LogP contribution in [-0.2, 0) is 0 Å². The molecule has 0 fully saturated rings. The minimum absolute atomic E-state index is 0.165. The predicted molar refractivity (Wildman–Crippen MR) is 107 cm³/mol. The van der Waals surface area contributed by atoms with Gasteiger partial charge in [0.05, 0.1) is 0 Å². The third kappa shape index (κ3) is 16.0. The number of rotatable bonds is 15. The summed E-state index contributed by atoms with van der Waals surface area (Å²) >= 11 is 0. The molecule has 0 aromatic rings. The van der Waals surface area contributed by atoms with Crippen LogP contribution in [0.3, 0.4) is 0 Å². The fourth-order valence-electron chi connectivity index (χ4n) is 2.27. The lowest BCUT2D eigenvalue weighted by Gasteiger charge is -2.03. The van der Waals surface area contributed by atoms with E-state index in [-0.39, 0.29) is 7.92 Å². The Bertz CT molecular complexity index is 241. The molecule has 0 heterocycles. The van der Waals surface area contributed by atoms with E-state index >= 15 is 0 Å². The van der Waals surface area contributed by atoms with E-state index in [1.54, 1.807) is 0 Å². The highest BCUT2D eigenvalue weighted by atomic mass is 31.1. The molecule has 0 amide bonds. The fourth-order valence-corrected chi connectivity index (χ4v) is 3.75. The molecular formula is C21H39P. The van der Waals surface area contributed by atoms with E-state index in [2.05, 4.69) is 56.5 Å². The summed E-state index contributed by atoms with van der Waals surface area (Å²) in [5.74, 6) is 7.37. The summed E-state index contributed by atoms with van der Waals surface area (Å²) in [4.78, 5) is 0. The summed E-state index contributed by atoms with van der Waals surface area (Å²) in [6.07, 6.45) is 23.1. The van der Waals surface area contributed by atoms with Gasteiger partial charge in [0.1, 0.15) is 0 Å². The monoisotopic (exact) mass is 322 g/mol. The maximum Gasteiger partial charge on any atom is -0.0347 e. The van der Waals surface area contributed by atoms with Gasteiger partial charge in [-0.15, -0.1) is 0 Å². The largest absolute Gasteiger partial charge is 0.0835 e. The van der Waals surface area contributed by atoms with Gasteiger partial charge in [-0.25, -0.2) is 0 Å². The van der Waals surface area contributed by atoms with Crippen molar-refractivity contribution in [1.29, 1.82) is 0 Å². The minimum atomic E-state index is -0.165. The topological polar surface area (TPSA) is 0 Å². The number of allylic oxidation sites excluding steroid dienone is 3. The Hall–Kier alpha value is -0.350. The Morgan fingerprint density at radius 2 is 0.818 bits per heavy atom. The summed E-state index contributed by atoms with van der Waals surface area (Å²) in [6.45, 7) is 6.82. The molecule has 0 aromatic carbocycles. The lowest BCUT2D eigenvalue weighted by Crippen LogP contribution is -1.72. The molecule has 0 nitrogen and oxygen atoms in total. The zero-order chi connectivity index (χ0) is 16.3. The van der Waals surface area contributed by atoms with Crippen molar-refractivity contribution < 1.29 is 0 Å². The van der Waals surface area contributed by atoms with Gasteiger partial charge in [0, 0.05) is 0 Å². The molecule has 0 aliphatic heterocycles. The number of hydrogen-bond acceptors (Lipinski definition) is 0. The molecule has 0 unspecified atom stereocenters. The van der Waals surface area contributed by atoms with E-state index in [9.17, 15) is 0 Å². The SMILES string of the molecule is CCCCCC=CP(C=CCCCCC)C=CCCCCC. The maximum atomic E-state index is 2.46. The second kappa shape index (κ2) is 18.7. The van der Waals surface area contributed by atoms with Gasteiger partial charge in [0.15, 0.2) is 0 Å². The minimum Gasteiger partial charge on any atom is -0.0835 e. The van der Waals surface area contributed by atoms with Crippen molar-refractivity contribution in [3.63, 3.8) is 0 Å². The maximum absolute atomic E-state index is 2.46. The van der Waals surface area contributed by atoms with Gasteiger partial charge in [-0.1, -0.05) is 95.0 Å². The summed E-state index contributed by atoms with van der Waals surface area (Å²) in [5.41, 5.74) is 0. The van der Waals surface area contributed by atoms with Crippen LogP contribution in [-0.4, -0.2) is 0 Å². The highest BCUT2D eigenvalue weighted by Gasteiger charge is 1.94. The Morgan fingerprint density at radius 3 is 1.09 bits per heavy atom. The van der Waals surface area contributed by atoms with E-state index < -0.39 is 0 Å². The Morgan fingerprint density at radius 1 is 0.500 bits per heavy atom. The molecule has 0 aliphatic carbocycles. The zero-order valence-corrected chi connectivity index (χ0v) is 16.3. The highest BCUT2D eigenvalue weighted by Crippen LogP contribution is 2.41. The third-order valence-corrected chi connectivity index (χ3v) is 5.42. The molecule has 128 valence electrons. The van der Waals surface area contributed by atoms with Crippen LogP contribution in [0.5, 0.6) is 0 Å². The van der Waals surface area contributed by atoms with Crippen molar-refractivity contribution in [1.82, 2.24) is 0 Å². The van der Waals surface area contributed by atoms with Gasteiger partial charge in [-0.05, 0) is 46.4 Å². The van der Waals surface area contributed by atoms with Gasteiger partial charge in [0.25, 0.3) is 0 Å². The van der Waals surface area contributed by atoms with Crippen molar-refractivity contribution in [2.24, 2.45) is 0 Å². The molecule has 1 heteroatoms. The van der Waals surface area contributed by atoms with Crippen molar-refractivity contribution >= 4 is 7.92 Å². The molecule has 22 heavy (non-hydrogen) atoms. The van der Waals surface area contributed by atoms with E-state index in [0.29, 0.717) is 0 Å². The molecule has 0 N–H and O–H groups in total. The Kier molecular flexibility index (Phi) is 18.4. The van der Waals surface area contributed by atoms with Crippen LogP contribution in [0.25, 0.3) is 0 Å². The van der Waals surface area contributed by atoms with Gasteiger partial charge < -0.3 is 0 Å². The molecule has 0 saturated carbocycles. The van der Waals surface area contributed by atoms with Crippen molar-refractivity contribution in [2.45, 2.75) is 97.8 Å². The quantitative estimate of drug-likeness (QED) is 0.209. The van der Waals surface area contributed by atoms with E-state index in [0.717, 1.165) is 0 Å². The zero-order valence-electron chi connectivity index (χ0n) is 15.4. The summed E-state index contributed by atoms with van der Waals surface area (Å²) in [7, 11) is -0.165. The van der Waals surface area contributed by atoms with Crippen LogP contribution < -0.4 is 0 Å². The smallest absolute Gasteiger partial charge is 0.0347 e.